The molecule has 4 nitrogen and oxygen atoms in total. The molecule has 1 fully saturated rings. The van der Waals surface area contributed by atoms with Crippen molar-refractivity contribution in [3.63, 3.8) is 0 Å². The van der Waals surface area contributed by atoms with Crippen molar-refractivity contribution in [2.45, 2.75) is 24.9 Å². The Balaban J connectivity index is 1.87. The van der Waals surface area contributed by atoms with E-state index in [1.807, 2.05) is 11.2 Å². The Hall–Kier alpha value is -0.610. The zero-order chi connectivity index (χ0) is 9.15. The summed E-state index contributed by atoms with van der Waals surface area (Å²) in [7, 11) is 0. The molecule has 0 bridgehead atoms. The number of hydrazone groups is 1. The molecule has 0 aliphatic carbocycles. The highest BCUT2D eigenvalue weighted by Gasteiger charge is 2.31. The van der Waals surface area contributed by atoms with Crippen molar-refractivity contribution in [2.24, 2.45) is 5.10 Å². The first-order valence-corrected chi connectivity index (χ1v) is 4.99. The Morgan fingerprint density at radius 2 is 2.23 bits per heavy atom. The molecule has 2 rings (SSSR count). The predicted molar refractivity (Wildman–Crippen MR) is 51.7 cm³/mol. The van der Waals surface area contributed by atoms with Crippen molar-refractivity contribution in [1.29, 1.82) is 0 Å². The molecule has 0 radical (unpaired) electrons. The first-order chi connectivity index (χ1) is 6.29. The average Bonchev–Trinajstić information content (AvgIpc) is 2.57. The van der Waals surface area contributed by atoms with Gasteiger partial charge in [-0.15, -0.1) is 0 Å². The summed E-state index contributed by atoms with van der Waals surface area (Å²) in [5.41, 5.74) is -0.507. The van der Waals surface area contributed by atoms with Crippen LogP contribution in [0.3, 0.4) is 0 Å². The number of aliphatic hydroxyl groups is 1. The molecule has 2 N–H and O–H groups in total. The fraction of sp³-hybridized carbons (Fsp3) is 0.889. The summed E-state index contributed by atoms with van der Waals surface area (Å²) < 4.78 is 0. The van der Waals surface area contributed by atoms with Crippen LogP contribution in [-0.4, -0.2) is 48.1 Å². The highest BCUT2D eigenvalue weighted by atomic mass is 16.3. The Morgan fingerprint density at radius 3 is 2.85 bits per heavy atom. The van der Waals surface area contributed by atoms with E-state index in [0.717, 1.165) is 38.9 Å². The number of piperidine rings is 1. The molecule has 0 amide bonds. The highest BCUT2D eigenvalue weighted by Crippen LogP contribution is 2.20. The second kappa shape index (κ2) is 3.64. The second-order valence-corrected chi connectivity index (χ2v) is 3.95. The van der Waals surface area contributed by atoms with Crippen LogP contribution in [0.4, 0.5) is 0 Å². The summed E-state index contributed by atoms with van der Waals surface area (Å²) in [6, 6.07) is 0. The third-order valence-corrected chi connectivity index (χ3v) is 2.77. The van der Waals surface area contributed by atoms with Crippen LogP contribution in [0.15, 0.2) is 5.10 Å². The Bertz CT molecular complexity index is 199. The van der Waals surface area contributed by atoms with E-state index in [1.165, 1.54) is 0 Å². The standard InChI is InChI=1S/C9H17N3O/c13-9(2-5-10-6-3-9)8-12-7-1-4-11-12/h4,10,13H,1-3,5-8H2. The lowest BCUT2D eigenvalue weighted by atomic mass is 9.92. The number of β-amino-alcohol motifs (C(OH)–C–C–N with tert-alkyl or cyclic N) is 1. The van der Waals surface area contributed by atoms with E-state index < -0.39 is 5.60 Å². The molecular formula is C9H17N3O. The highest BCUT2D eigenvalue weighted by molar-refractivity contribution is 5.58. The zero-order valence-electron chi connectivity index (χ0n) is 7.87. The minimum absolute atomic E-state index is 0.507. The minimum Gasteiger partial charge on any atom is -0.388 e. The van der Waals surface area contributed by atoms with E-state index in [2.05, 4.69) is 10.4 Å². The third-order valence-electron chi connectivity index (χ3n) is 2.77. The number of rotatable bonds is 2. The Labute approximate surface area is 78.6 Å². The molecule has 4 heteroatoms. The summed E-state index contributed by atoms with van der Waals surface area (Å²) in [6.07, 6.45) is 4.64. The molecule has 0 aromatic heterocycles. The Kier molecular flexibility index (Phi) is 2.51. The van der Waals surface area contributed by atoms with Gasteiger partial charge in [-0.1, -0.05) is 0 Å². The van der Waals surface area contributed by atoms with E-state index in [9.17, 15) is 5.11 Å². The molecule has 74 valence electrons. The van der Waals surface area contributed by atoms with Gasteiger partial charge in [-0.25, -0.2) is 0 Å². The minimum atomic E-state index is -0.507. The molecule has 0 atom stereocenters. The van der Waals surface area contributed by atoms with Crippen LogP contribution >= 0.6 is 0 Å². The molecule has 1 saturated heterocycles. The van der Waals surface area contributed by atoms with Crippen LogP contribution < -0.4 is 5.32 Å². The maximum Gasteiger partial charge on any atom is 0.0862 e. The van der Waals surface area contributed by atoms with Crippen LogP contribution in [0.1, 0.15) is 19.3 Å². The molecule has 2 aliphatic rings. The van der Waals surface area contributed by atoms with E-state index in [0.29, 0.717) is 6.54 Å². The SMILES string of the molecule is OC1(CN2CCC=N2)CCNCC1. The number of nitrogens with zero attached hydrogens (tertiary/aromatic N) is 2. The first-order valence-electron chi connectivity index (χ1n) is 4.99. The molecule has 0 saturated carbocycles. The van der Waals surface area contributed by atoms with Gasteiger partial charge in [-0.05, 0) is 25.9 Å². The maximum atomic E-state index is 10.2. The quantitative estimate of drug-likeness (QED) is 0.623. The van der Waals surface area contributed by atoms with Gasteiger partial charge in [0.1, 0.15) is 0 Å². The van der Waals surface area contributed by atoms with Crippen LogP contribution in [0.2, 0.25) is 0 Å². The lowest BCUT2D eigenvalue weighted by molar-refractivity contribution is -0.0179. The number of hydrogen-bond donors (Lipinski definition) is 2. The van der Waals surface area contributed by atoms with Gasteiger partial charge >= 0.3 is 0 Å². The molecule has 0 aromatic carbocycles. The number of hydrogen-bond acceptors (Lipinski definition) is 4. The van der Waals surface area contributed by atoms with E-state index >= 15 is 0 Å². The largest absolute Gasteiger partial charge is 0.388 e. The van der Waals surface area contributed by atoms with Gasteiger partial charge in [-0.3, -0.25) is 5.01 Å². The van der Waals surface area contributed by atoms with Gasteiger partial charge < -0.3 is 10.4 Å². The summed E-state index contributed by atoms with van der Waals surface area (Å²) in [6.45, 7) is 3.52. The van der Waals surface area contributed by atoms with Crippen molar-refractivity contribution in [3.05, 3.63) is 0 Å². The fourth-order valence-corrected chi connectivity index (χ4v) is 1.95. The summed E-state index contributed by atoms with van der Waals surface area (Å²) in [4.78, 5) is 0. The molecule has 13 heavy (non-hydrogen) atoms. The average molecular weight is 183 g/mol. The third kappa shape index (κ3) is 2.19. The van der Waals surface area contributed by atoms with Crippen LogP contribution in [0.5, 0.6) is 0 Å². The number of nitrogens with one attached hydrogen (secondary N) is 1. The second-order valence-electron chi connectivity index (χ2n) is 3.95. The van der Waals surface area contributed by atoms with Crippen molar-refractivity contribution in [2.75, 3.05) is 26.2 Å². The molecule has 0 aromatic rings. The maximum absolute atomic E-state index is 10.2. The van der Waals surface area contributed by atoms with Crippen molar-refractivity contribution in [1.82, 2.24) is 10.3 Å². The smallest absolute Gasteiger partial charge is 0.0862 e. The van der Waals surface area contributed by atoms with E-state index in [1.54, 1.807) is 0 Å². The van der Waals surface area contributed by atoms with Gasteiger partial charge in [0.2, 0.25) is 0 Å². The zero-order valence-corrected chi connectivity index (χ0v) is 7.87. The Morgan fingerprint density at radius 1 is 1.46 bits per heavy atom. The molecular weight excluding hydrogens is 166 g/mol. The van der Waals surface area contributed by atoms with Crippen LogP contribution in [-0.2, 0) is 0 Å². The predicted octanol–water partition coefficient (Wildman–Crippen LogP) is -0.208. The first kappa shape index (κ1) is 8.97. The van der Waals surface area contributed by atoms with E-state index in [-0.39, 0.29) is 0 Å². The van der Waals surface area contributed by atoms with Crippen molar-refractivity contribution >= 4 is 6.21 Å². The molecule has 2 heterocycles. The van der Waals surface area contributed by atoms with Gasteiger partial charge in [0, 0.05) is 19.2 Å². The van der Waals surface area contributed by atoms with Gasteiger partial charge in [0.25, 0.3) is 0 Å². The summed E-state index contributed by atoms with van der Waals surface area (Å²) >= 11 is 0. The normalized spacial score (nSPS) is 26.7. The van der Waals surface area contributed by atoms with Crippen molar-refractivity contribution in [3.8, 4) is 0 Å². The molecule has 2 aliphatic heterocycles. The monoisotopic (exact) mass is 183 g/mol. The molecule has 0 spiro atoms. The van der Waals surface area contributed by atoms with Crippen LogP contribution in [0.25, 0.3) is 0 Å². The van der Waals surface area contributed by atoms with Crippen LogP contribution in [0, 0.1) is 0 Å². The lowest BCUT2D eigenvalue weighted by Gasteiger charge is -2.35. The summed E-state index contributed by atoms with van der Waals surface area (Å²) in [5.74, 6) is 0. The lowest BCUT2D eigenvalue weighted by Crippen LogP contribution is -2.48. The van der Waals surface area contributed by atoms with Gasteiger partial charge in [0.05, 0.1) is 12.1 Å². The fourth-order valence-electron chi connectivity index (χ4n) is 1.95. The molecule has 0 unspecified atom stereocenters. The summed E-state index contributed by atoms with van der Waals surface area (Å²) in [5, 5.41) is 19.6. The van der Waals surface area contributed by atoms with E-state index in [4.69, 9.17) is 0 Å². The van der Waals surface area contributed by atoms with Gasteiger partial charge in [-0.2, -0.15) is 5.10 Å². The topological polar surface area (TPSA) is 47.9 Å². The van der Waals surface area contributed by atoms with Gasteiger partial charge in [0.15, 0.2) is 0 Å². The van der Waals surface area contributed by atoms with Crippen molar-refractivity contribution < 1.29 is 5.11 Å².